The van der Waals surface area contributed by atoms with Crippen molar-refractivity contribution < 1.29 is 9.84 Å². The Labute approximate surface area is 164 Å². The van der Waals surface area contributed by atoms with Crippen molar-refractivity contribution in [3.63, 3.8) is 0 Å². The summed E-state index contributed by atoms with van der Waals surface area (Å²) < 4.78 is 6.42. The maximum atomic E-state index is 10.6. The molecule has 0 aliphatic heterocycles. The lowest BCUT2D eigenvalue weighted by atomic mass is 9.54. The largest absolute Gasteiger partial charge is 0.389 e. The molecule has 0 saturated heterocycles. The fraction of sp³-hybridized carbons (Fsp3) is 0.727. The summed E-state index contributed by atoms with van der Waals surface area (Å²) in [5.41, 5.74) is 1.41. The highest BCUT2D eigenvalue weighted by molar-refractivity contribution is 5.85. The van der Waals surface area contributed by atoms with Crippen LogP contribution in [0.3, 0.4) is 0 Å². The van der Waals surface area contributed by atoms with Gasteiger partial charge in [0.2, 0.25) is 0 Å². The molecule has 1 N–H and O–H groups in total. The van der Waals surface area contributed by atoms with E-state index in [1.165, 1.54) is 44.1 Å². The number of benzene rings is 1. The van der Waals surface area contributed by atoms with Gasteiger partial charge in [0.15, 0.2) is 0 Å². The van der Waals surface area contributed by atoms with E-state index in [2.05, 4.69) is 36.1 Å². The first-order valence-corrected chi connectivity index (χ1v) is 10.2. The second kappa shape index (κ2) is 8.60. The molecule has 0 amide bonds. The molecule has 4 bridgehead atoms. The molecule has 0 aromatic heterocycles. The number of rotatable bonds is 8. The highest BCUT2D eigenvalue weighted by atomic mass is 35.5. The van der Waals surface area contributed by atoms with Crippen molar-refractivity contribution in [2.75, 3.05) is 19.7 Å². The van der Waals surface area contributed by atoms with Crippen molar-refractivity contribution in [1.82, 2.24) is 4.90 Å². The van der Waals surface area contributed by atoms with E-state index in [-0.39, 0.29) is 18.0 Å². The average molecular weight is 380 g/mol. The molecule has 4 heteroatoms. The van der Waals surface area contributed by atoms with Gasteiger partial charge >= 0.3 is 0 Å². The zero-order valence-corrected chi connectivity index (χ0v) is 16.8. The first-order valence-electron chi connectivity index (χ1n) is 10.2. The van der Waals surface area contributed by atoms with Crippen molar-refractivity contribution in [3.05, 3.63) is 35.9 Å². The van der Waals surface area contributed by atoms with Crippen LogP contribution in [0.1, 0.15) is 51.0 Å². The number of hydrogen-bond donors (Lipinski definition) is 1. The molecule has 3 nitrogen and oxygen atoms in total. The number of likely N-dealkylation sites (N-methyl/N-ethyl adjacent to an activating group) is 1. The van der Waals surface area contributed by atoms with Gasteiger partial charge in [-0.05, 0) is 68.4 Å². The molecule has 0 spiro atoms. The number of aliphatic hydroxyl groups is 1. The van der Waals surface area contributed by atoms with Gasteiger partial charge < -0.3 is 9.84 Å². The summed E-state index contributed by atoms with van der Waals surface area (Å²) in [6.45, 7) is 5.19. The zero-order valence-electron chi connectivity index (χ0n) is 16.0. The lowest BCUT2D eigenvalue weighted by Crippen LogP contribution is -2.53. The quantitative estimate of drug-likeness (QED) is 0.731. The third kappa shape index (κ3) is 4.62. The van der Waals surface area contributed by atoms with Crippen LogP contribution in [-0.4, -0.2) is 41.4 Å². The van der Waals surface area contributed by atoms with Crippen molar-refractivity contribution in [3.8, 4) is 0 Å². The summed E-state index contributed by atoms with van der Waals surface area (Å²) in [5.74, 6) is 2.69. The molecular weight excluding hydrogens is 346 g/mol. The second-order valence-electron chi connectivity index (χ2n) is 8.88. The summed E-state index contributed by atoms with van der Waals surface area (Å²) in [7, 11) is 0. The van der Waals surface area contributed by atoms with Crippen LogP contribution in [0.25, 0.3) is 0 Å². The SMILES string of the molecule is CCN(Cc1ccccc1)CC(O)COC12CC3CC(CC(C3)C1)C2.Cl. The van der Waals surface area contributed by atoms with Crippen LogP contribution in [0, 0.1) is 17.8 Å². The number of hydrogen-bond acceptors (Lipinski definition) is 3. The van der Waals surface area contributed by atoms with E-state index in [4.69, 9.17) is 4.74 Å². The molecular formula is C22H34ClNO2. The van der Waals surface area contributed by atoms with Gasteiger partial charge in [0, 0.05) is 13.1 Å². The molecule has 26 heavy (non-hydrogen) atoms. The fourth-order valence-corrected chi connectivity index (χ4v) is 5.98. The van der Waals surface area contributed by atoms with Crippen LogP contribution in [0.4, 0.5) is 0 Å². The molecule has 4 fully saturated rings. The van der Waals surface area contributed by atoms with Gasteiger partial charge in [0.1, 0.15) is 0 Å². The van der Waals surface area contributed by atoms with Gasteiger partial charge in [-0.3, -0.25) is 4.90 Å². The Balaban J connectivity index is 0.00000196. The predicted octanol–water partition coefficient (Wildman–Crippen LogP) is 4.28. The maximum absolute atomic E-state index is 10.6. The number of aliphatic hydroxyl groups excluding tert-OH is 1. The number of nitrogens with zero attached hydrogens (tertiary/aromatic N) is 1. The van der Waals surface area contributed by atoms with Gasteiger partial charge in [-0.2, -0.15) is 0 Å². The highest BCUT2D eigenvalue weighted by Gasteiger charge is 2.51. The Bertz CT molecular complexity index is 529. The minimum absolute atomic E-state index is 0. The molecule has 146 valence electrons. The lowest BCUT2D eigenvalue weighted by Gasteiger charge is -2.56. The van der Waals surface area contributed by atoms with Crippen LogP contribution in [0.2, 0.25) is 0 Å². The Morgan fingerprint density at radius 3 is 2.19 bits per heavy atom. The van der Waals surface area contributed by atoms with Crippen LogP contribution in [0.5, 0.6) is 0 Å². The zero-order chi connectivity index (χ0) is 17.3. The van der Waals surface area contributed by atoms with E-state index in [1.807, 2.05) is 6.07 Å². The summed E-state index contributed by atoms with van der Waals surface area (Å²) in [6.07, 6.45) is 7.65. The third-order valence-electron chi connectivity index (χ3n) is 6.73. The van der Waals surface area contributed by atoms with E-state index < -0.39 is 6.10 Å². The maximum Gasteiger partial charge on any atom is 0.0900 e. The lowest BCUT2D eigenvalue weighted by molar-refractivity contribution is -0.176. The first kappa shape index (κ1) is 20.1. The van der Waals surface area contributed by atoms with E-state index in [0.29, 0.717) is 13.2 Å². The fourth-order valence-electron chi connectivity index (χ4n) is 5.98. The van der Waals surface area contributed by atoms with Crippen molar-refractivity contribution >= 4 is 12.4 Å². The van der Waals surface area contributed by atoms with E-state index in [9.17, 15) is 5.11 Å². The molecule has 4 aliphatic carbocycles. The number of halogens is 1. The van der Waals surface area contributed by atoms with Crippen molar-refractivity contribution in [2.24, 2.45) is 17.8 Å². The summed E-state index contributed by atoms with van der Waals surface area (Å²) in [6, 6.07) is 10.5. The van der Waals surface area contributed by atoms with Gasteiger partial charge in [-0.25, -0.2) is 0 Å². The summed E-state index contributed by atoms with van der Waals surface area (Å²) >= 11 is 0. The second-order valence-corrected chi connectivity index (χ2v) is 8.88. The standard InChI is InChI=1S/C22H33NO2.ClH/c1-2-23(14-17-6-4-3-5-7-17)15-21(24)16-25-22-11-18-8-19(12-22)10-20(9-18)13-22;/h3-7,18-21,24H,2,8-16H2,1H3;1H. The summed E-state index contributed by atoms with van der Waals surface area (Å²) in [5, 5.41) is 10.6. The normalized spacial score (nSPS) is 33.3. The van der Waals surface area contributed by atoms with Crippen molar-refractivity contribution in [2.45, 2.75) is 63.7 Å². The third-order valence-corrected chi connectivity index (χ3v) is 6.73. The topological polar surface area (TPSA) is 32.7 Å². The highest BCUT2D eigenvalue weighted by Crippen LogP contribution is 2.57. The van der Waals surface area contributed by atoms with Crippen molar-refractivity contribution in [1.29, 1.82) is 0 Å². The molecule has 0 radical (unpaired) electrons. The molecule has 4 aliphatic rings. The molecule has 1 unspecified atom stereocenters. The van der Waals surface area contributed by atoms with Crippen LogP contribution in [-0.2, 0) is 11.3 Å². The Morgan fingerprint density at radius 2 is 1.65 bits per heavy atom. The molecule has 1 aromatic rings. The average Bonchev–Trinajstić information content (AvgIpc) is 2.59. The monoisotopic (exact) mass is 379 g/mol. The van der Waals surface area contributed by atoms with Crippen LogP contribution >= 0.6 is 12.4 Å². The Kier molecular flexibility index (Phi) is 6.66. The summed E-state index contributed by atoms with van der Waals surface area (Å²) in [4.78, 5) is 2.31. The van der Waals surface area contributed by atoms with E-state index >= 15 is 0 Å². The van der Waals surface area contributed by atoms with Crippen LogP contribution < -0.4 is 0 Å². The minimum atomic E-state index is -0.392. The molecule has 4 saturated carbocycles. The van der Waals surface area contributed by atoms with Gasteiger partial charge in [0.25, 0.3) is 0 Å². The van der Waals surface area contributed by atoms with Gasteiger partial charge in [-0.15, -0.1) is 12.4 Å². The predicted molar refractivity (Wildman–Crippen MR) is 108 cm³/mol. The number of ether oxygens (including phenoxy) is 1. The van der Waals surface area contributed by atoms with E-state index in [1.54, 1.807) is 0 Å². The molecule has 1 aromatic carbocycles. The molecule has 1 atom stereocenters. The van der Waals surface area contributed by atoms with Crippen LogP contribution in [0.15, 0.2) is 30.3 Å². The molecule has 0 heterocycles. The first-order chi connectivity index (χ1) is 12.1. The Hall–Kier alpha value is -0.610. The Morgan fingerprint density at radius 1 is 1.08 bits per heavy atom. The van der Waals surface area contributed by atoms with Gasteiger partial charge in [0.05, 0.1) is 18.3 Å². The van der Waals surface area contributed by atoms with E-state index in [0.717, 1.165) is 30.8 Å². The van der Waals surface area contributed by atoms with Gasteiger partial charge in [-0.1, -0.05) is 37.3 Å². The molecule has 5 rings (SSSR count). The minimum Gasteiger partial charge on any atom is -0.389 e. The smallest absolute Gasteiger partial charge is 0.0900 e.